The van der Waals surface area contributed by atoms with Crippen LogP contribution in [0, 0.1) is 0 Å². The largest absolute Gasteiger partial charge is 0.507 e. The third-order valence-electron chi connectivity index (χ3n) is 22.0. The monoisotopic (exact) mass is 1840 g/mol. The van der Waals surface area contributed by atoms with Crippen molar-refractivity contribution in [2.24, 2.45) is 0 Å². The van der Waals surface area contributed by atoms with Crippen LogP contribution in [0.25, 0.3) is 157 Å². The summed E-state index contributed by atoms with van der Waals surface area (Å²) >= 11 is 3.42. The van der Waals surface area contributed by atoms with Crippen LogP contribution in [-0.4, -0.2) is 105 Å². The minimum atomic E-state index is -7.43. The summed E-state index contributed by atoms with van der Waals surface area (Å²) in [6.07, 6.45) is -7.21. The number of nitrogens with zero attached hydrogens (tertiary/aromatic N) is 9. The number of hydrogen-bond acceptors (Lipinski definition) is 16. The molecule has 652 valence electrons. The van der Waals surface area contributed by atoms with Crippen molar-refractivity contribution < 1.29 is 71.6 Å². The predicted octanol–water partition coefficient (Wildman–Crippen LogP) is 25.7. The Labute approximate surface area is 755 Å². The third-order valence-corrected chi connectivity index (χ3v) is 23.9. The second-order valence-electron chi connectivity index (χ2n) is 31.1. The van der Waals surface area contributed by atoms with E-state index in [9.17, 15) is 58.1 Å². The van der Waals surface area contributed by atoms with Crippen molar-refractivity contribution in [1.82, 2.24) is 44.9 Å². The van der Waals surface area contributed by atoms with Crippen molar-refractivity contribution in [2.75, 3.05) is 0 Å². The molecule has 18 aromatic rings. The summed E-state index contributed by atoms with van der Waals surface area (Å²) in [6, 6.07) is 111. The van der Waals surface area contributed by atoms with Gasteiger partial charge in [0.2, 0.25) is 0 Å². The molecule has 0 saturated carbocycles. The summed E-state index contributed by atoms with van der Waals surface area (Å²) < 4.78 is 163. The van der Waals surface area contributed by atoms with Gasteiger partial charge in [-0.15, -0.1) is 0 Å². The number of rotatable bonds is 17. The fourth-order valence-corrected chi connectivity index (χ4v) is 15.7. The fraction of sp³-hybridized carbons (Fsp3) is 0.0971. The van der Waals surface area contributed by atoms with E-state index in [4.69, 9.17) is 39.2 Å². The molecular formula is C103H74BBrF9N9O7S. The zero-order valence-electron chi connectivity index (χ0n) is 69.9. The second kappa shape index (κ2) is 37.2. The number of aromatic nitrogens is 9. The van der Waals surface area contributed by atoms with Crippen molar-refractivity contribution in [3.63, 3.8) is 0 Å². The van der Waals surface area contributed by atoms with E-state index in [1.54, 1.807) is 36.4 Å². The normalized spacial score (nSPS) is 13.1. The van der Waals surface area contributed by atoms with Gasteiger partial charge in [-0.25, -0.2) is 44.9 Å². The molecule has 0 spiro atoms. The molecule has 0 bridgehead atoms. The predicted molar refractivity (Wildman–Crippen MR) is 495 cm³/mol. The van der Waals surface area contributed by atoms with E-state index in [0.717, 1.165) is 99.2 Å². The first-order valence-electron chi connectivity index (χ1n) is 40.8. The standard InChI is InChI=1S/C35H20F9N3O3S.C31H21N3O.C27H26BN3O2.C10H7BrO/c36-32(37,34(40,41)42)33(38,39)35(43,44)51(48,49)50-28-20-19-25(26-13-7-8-14-27(26)28)21-15-17-24(18-16-21)31-46-29(22-9-3-1-4-10-22)45-30(47-31)23-11-5-2-6-12-23;35-28-20-19-25(26-13-7-8-14-27(26)28)21-15-17-24(18-16-21)31-33-29(22-9-3-1-4-10-22)32-30(34-31)23-11-5-2-6-12-23;1-26(2)27(3,4)33-28(32-26)22-17-15-21(16-18-22)25-30-23(19-11-7-5-8-12-19)29-24(31-25)20-13-9-6-10-14-20;11-9-5-6-10(12)8-4-2-1-3-7(8)9/h1-20H;1-20,35H;5-18H,1-4H3;1-6,12H. The lowest BCUT2D eigenvalue weighted by Gasteiger charge is -2.32. The Morgan fingerprint density at radius 1 is 0.290 bits per heavy atom. The molecular weight excluding hydrogens is 1770 g/mol. The highest BCUT2D eigenvalue weighted by atomic mass is 79.9. The highest BCUT2D eigenvalue weighted by Gasteiger charge is 2.86. The van der Waals surface area contributed by atoms with Crippen LogP contribution in [-0.2, 0) is 19.4 Å². The number of aromatic hydroxyl groups is 2. The molecule has 1 fully saturated rings. The van der Waals surface area contributed by atoms with E-state index in [1.807, 2.05) is 279 Å². The van der Waals surface area contributed by atoms with Gasteiger partial charge < -0.3 is 23.7 Å². The maximum absolute atomic E-state index is 14.4. The summed E-state index contributed by atoms with van der Waals surface area (Å²) in [5.74, 6) is -10.3. The lowest BCUT2D eigenvalue weighted by atomic mass is 9.79. The Morgan fingerprint density at radius 3 is 0.847 bits per heavy atom. The summed E-state index contributed by atoms with van der Waals surface area (Å²) in [5.41, 5.74) is 10.8. The van der Waals surface area contributed by atoms with Crippen molar-refractivity contribution in [3.05, 3.63) is 368 Å². The molecule has 1 aliphatic heterocycles. The zero-order valence-corrected chi connectivity index (χ0v) is 72.3. The average molecular weight is 1840 g/mol. The zero-order chi connectivity index (χ0) is 92.0. The van der Waals surface area contributed by atoms with Crippen LogP contribution < -0.4 is 9.65 Å². The number of benzene rings is 15. The highest BCUT2D eigenvalue weighted by molar-refractivity contribution is 9.10. The van der Waals surface area contributed by atoms with Gasteiger partial charge in [-0.1, -0.05) is 350 Å². The minimum Gasteiger partial charge on any atom is -0.507 e. The Kier molecular flexibility index (Phi) is 25.4. The van der Waals surface area contributed by atoms with Gasteiger partial charge >= 0.3 is 40.5 Å². The molecule has 1 saturated heterocycles. The maximum Gasteiger partial charge on any atom is 0.494 e. The average Bonchev–Trinajstić information content (AvgIpc) is 1.16. The van der Waals surface area contributed by atoms with Gasteiger partial charge in [-0.05, 0) is 102 Å². The molecule has 1 aliphatic rings. The summed E-state index contributed by atoms with van der Waals surface area (Å²) in [7, 11) is -7.55. The van der Waals surface area contributed by atoms with E-state index in [-0.39, 0.29) is 27.7 Å². The number of alkyl halides is 9. The molecule has 3 aromatic heterocycles. The van der Waals surface area contributed by atoms with Crippen molar-refractivity contribution in [2.45, 2.75) is 62.2 Å². The molecule has 131 heavy (non-hydrogen) atoms. The van der Waals surface area contributed by atoms with Gasteiger partial charge in [-0.2, -0.15) is 47.9 Å². The fourth-order valence-electron chi connectivity index (χ4n) is 14.2. The third kappa shape index (κ3) is 19.0. The van der Waals surface area contributed by atoms with Gasteiger partial charge in [0.05, 0.1) is 11.2 Å². The second-order valence-corrected chi connectivity index (χ2v) is 33.6. The Morgan fingerprint density at radius 2 is 0.534 bits per heavy atom. The molecule has 15 aromatic carbocycles. The number of fused-ring (bicyclic) bond motifs is 3. The quantitative estimate of drug-likeness (QED) is 0.0492. The van der Waals surface area contributed by atoms with Crippen LogP contribution in [0.2, 0.25) is 0 Å². The number of hydrogen-bond donors (Lipinski definition) is 2. The number of phenolic OH excluding ortho intramolecular Hbond substituents is 2. The van der Waals surface area contributed by atoms with Crippen LogP contribution >= 0.6 is 15.9 Å². The molecule has 19 rings (SSSR count). The van der Waals surface area contributed by atoms with Gasteiger partial charge in [-0.3, -0.25) is 0 Å². The molecule has 16 nitrogen and oxygen atoms in total. The molecule has 4 heterocycles. The smallest absolute Gasteiger partial charge is 0.494 e. The first kappa shape index (κ1) is 89.7. The lowest BCUT2D eigenvalue weighted by Crippen LogP contribution is -2.63. The number of phenols is 2. The minimum absolute atomic E-state index is 0.131. The van der Waals surface area contributed by atoms with E-state index >= 15 is 0 Å². The SMILES string of the molecule is CC1(C)OB(c2ccc(-c3nc(-c4ccccc4)nc(-c4ccccc4)n3)cc2)OC1(C)C.O=S(=O)(Oc1ccc(-c2ccc(-c3nc(-c4ccccc4)nc(-c4ccccc4)n3)cc2)c2ccccc12)C(F)(F)C(F)(F)C(F)(F)C(F)(F)F.Oc1ccc(-c2ccc(-c3nc(-c4ccccc4)nc(-c4ccccc4)n3)cc2)c2ccccc12.Oc1ccc(Br)c2ccccc12. The van der Waals surface area contributed by atoms with Crippen LogP contribution in [0.1, 0.15) is 27.7 Å². The molecule has 0 atom stereocenters. The van der Waals surface area contributed by atoms with Crippen LogP contribution in [0.15, 0.2) is 368 Å². The van der Waals surface area contributed by atoms with E-state index in [0.29, 0.717) is 74.9 Å². The van der Waals surface area contributed by atoms with Gasteiger partial charge in [0.1, 0.15) is 11.5 Å². The van der Waals surface area contributed by atoms with Crippen molar-refractivity contribution >= 4 is 70.9 Å². The molecule has 0 radical (unpaired) electrons. The van der Waals surface area contributed by atoms with Gasteiger partial charge in [0, 0.05) is 70.7 Å². The van der Waals surface area contributed by atoms with E-state index in [2.05, 4.69) is 74.9 Å². The summed E-state index contributed by atoms with van der Waals surface area (Å²) in [6.45, 7) is 8.23. The highest BCUT2D eigenvalue weighted by Crippen LogP contribution is 2.56. The summed E-state index contributed by atoms with van der Waals surface area (Å²) in [5, 5.41) is 16.4. The lowest BCUT2D eigenvalue weighted by molar-refractivity contribution is -0.382. The van der Waals surface area contributed by atoms with Gasteiger partial charge in [0.15, 0.2) is 58.2 Å². The van der Waals surface area contributed by atoms with Crippen LogP contribution in [0.5, 0.6) is 17.2 Å². The van der Waals surface area contributed by atoms with Crippen LogP contribution in [0.4, 0.5) is 39.5 Å². The van der Waals surface area contributed by atoms with E-state index in [1.165, 1.54) is 24.3 Å². The van der Waals surface area contributed by atoms with Crippen molar-refractivity contribution in [1.29, 1.82) is 0 Å². The molecule has 0 amide bonds. The van der Waals surface area contributed by atoms with Crippen molar-refractivity contribution in [3.8, 4) is 142 Å². The van der Waals surface area contributed by atoms with E-state index < -0.39 is 46.3 Å². The Bertz CT molecular complexity index is 7040. The van der Waals surface area contributed by atoms with Gasteiger partial charge in [0.25, 0.3) is 0 Å². The topological polar surface area (TPSA) is 218 Å². The number of halogens is 10. The van der Waals surface area contributed by atoms with Crippen LogP contribution in [0.3, 0.4) is 0 Å². The molecule has 0 aliphatic carbocycles. The first-order chi connectivity index (χ1) is 62.8. The Hall–Kier alpha value is -14.7. The Balaban J connectivity index is 0.000000138. The maximum atomic E-state index is 14.4. The molecule has 0 unspecified atom stereocenters. The molecule has 2 N–H and O–H groups in total. The first-order valence-corrected chi connectivity index (χ1v) is 43.0. The summed E-state index contributed by atoms with van der Waals surface area (Å²) in [4.78, 5) is 42.6. The molecule has 28 heteroatoms.